The standard InChI is InChI=1S/C21H24FN3O5S/c1-13(15-5-6-18(22)19(9-15)30-12-14-3-4-14)24-31(28,29)8-2-7-25-10-16-17(11-25)21(27)23-20(16)26/h5-6,9-11,13-14,24H,2-4,7-8,12H2,1H3,(H,23,26,27)/t13-/m1/s1. The fraction of sp³-hybridized carbons (Fsp3) is 0.429. The van der Waals surface area contributed by atoms with E-state index >= 15 is 0 Å². The third-order valence-corrected chi connectivity index (χ3v) is 6.95. The smallest absolute Gasteiger partial charge is 0.260 e. The summed E-state index contributed by atoms with van der Waals surface area (Å²) in [6.07, 6.45) is 5.56. The van der Waals surface area contributed by atoms with Crippen molar-refractivity contribution in [2.45, 2.75) is 38.8 Å². The van der Waals surface area contributed by atoms with Gasteiger partial charge in [0.25, 0.3) is 11.8 Å². The molecule has 0 saturated heterocycles. The first kappa shape index (κ1) is 21.5. The Bertz CT molecular complexity index is 1090. The van der Waals surface area contributed by atoms with Crippen LogP contribution in [0.2, 0.25) is 0 Å². The van der Waals surface area contributed by atoms with Crippen molar-refractivity contribution >= 4 is 21.8 Å². The van der Waals surface area contributed by atoms with Crippen LogP contribution in [0, 0.1) is 11.7 Å². The number of amides is 2. The highest BCUT2D eigenvalue weighted by molar-refractivity contribution is 7.89. The number of ether oxygens (including phenoxy) is 1. The van der Waals surface area contributed by atoms with Gasteiger partial charge in [0, 0.05) is 25.0 Å². The summed E-state index contributed by atoms with van der Waals surface area (Å²) in [6, 6.07) is 3.81. The van der Waals surface area contributed by atoms with Crippen LogP contribution in [0.15, 0.2) is 30.6 Å². The summed E-state index contributed by atoms with van der Waals surface area (Å²) in [7, 11) is -3.60. The SMILES string of the molecule is C[C@@H](NS(=O)(=O)CCCn1cc2c(c1)C(=O)NC2=O)c1ccc(F)c(OCC2CC2)c1. The lowest BCUT2D eigenvalue weighted by molar-refractivity contribution is 0.0878. The normalized spacial score (nSPS) is 16.8. The van der Waals surface area contributed by atoms with Crippen LogP contribution in [0.25, 0.3) is 0 Å². The van der Waals surface area contributed by atoms with E-state index in [9.17, 15) is 22.4 Å². The number of aromatic nitrogens is 1. The minimum Gasteiger partial charge on any atom is -0.490 e. The van der Waals surface area contributed by atoms with Crippen LogP contribution in [-0.4, -0.2) is 37.2 Å². The average Bonchev–Trinajstić information content (AvgIpc) is 3.37. The topological polar surface area (TPSA) is 107 Å². The van der Waals surface area contributed by atoms with Gasteiger partial charge < -0.3 is 9.30 Å². The van der Waals surface area contributed by atoms with Gasteiger partial charge in [0.05, 0.1) is 23.5 Å². The number of carbonyl (C=O) groups excluding carboxylic acids is 2. The molecule has 1 atom stereocenters. The maximum absolute atomic E-state index is 14.0. The van der Waals surface area contributed by atoms with Gasteiger partial charge in [-0.15, -0.1) is 0 Å². The summed E-state index contributed by atoms with van der Waals surface area (Å²) in [6.45, 7) is 2.51. The molecule has 4 rings (SSSR count). The van der Waals surface area contributed by atoms with E-state index in [2.05, 4.69) is 10.0 Å². The molecule has 0 spiro atoms. The van der Waals surface area contributed by atoms with E-state index in [0.29, 0.717) is 42.2 Å². The Morgan fingerprint density at radius 1 is 1.23 bits per heavy atom. The second kappa shape index (κ2) is 8.43. The summed E-state index contributed by atoms with van der Waals surface area (Å²) in [4.78, 5) is 23.2. The Morgan fingerprint density at radius 2 is 1.90 bits per heavy atom. The summed E-state index contributed by atoms with van der Waals surface area (Å²) in [5.74, 6) is -0.872. The molecule has 2 amide bonds. The molecule has 1 aliphatic heterocycles. The molecular weight excluding hydrogens is 425 g/mol. The highest BCUT2D eigenvalue weighted by Gasteiger charge is 2.28. The molecular formula is C21H24FN3O5S. The molecule has 0 radical (unpaired) electrons. The van der Waals surface area contributed by atoms with Crippen molar-refractivity contribution in [3.63, 3.8) is 0 Å². The van der Waals surface area contributed by atoms with Crippen LogP contribution in [0.4, 0.5) is 4.39 Å². The quantitative estimate of drug-likeness (QED) is 0.542. The third kappa shape index (κ3) is 5.13. The minimum absolute atomic E-state index is 0.132. The molecule has 166 valence electrons. The van der Waals surface area contributed by atoms with Crippen LogP contribution in [0.5, 0.6) is 5.75 Å². The van der Waals surface area contributed by atoms with Crippen molar-refractivity contribution in [2.24, 2.45) is 5.92 Å². The Balaban J connectivity index is 1.31. The number of hydrogen-bond acceptors (Lipinski definition) is 5. The van der Waals surface area contributed by atoms with E-state index in [-0.39, 0.29) is 11.5 Å². The summed E-state index contributed by atoms with van der Waals surface area (Å²) in [5, 5.41) is 2.20. The predicted octanol–water partition coefficient (Wildman–Crippen LogP) is 2.37. The van der Waals surface area contributed by atoms with Crippen LogP contribution in [-0.2, 0) is 16.6 Å². The fourth-order valence-corrected chi connectivity index (χ4v) is 4.76. The zero-order valence-corrected chi connectivity index (χ0v) is 17.9. The molecule has 1 aromatic heterocycles. The van der Waals surface area contributed by atoms with E-state index in [0.717, 1.165) is 12.8 Å². The zero-order valence-electron chi connectivity index (χ0n) is 17.1. The van der Waals surface area contributed by atoms with Crippen molar-refractivity contribution in [1.82, 2.24) is 14.6 Å². The van der Waals surface area contributed by atoms with Gasteiger partial charge in [-0.3, -0.25) is 14.9 Å². The van der Waals surface area contributed by atoms with Crippen LogP contribution in [0.1, 0.15) is 58.5 Å². The Morgan fingerprint density at radius 3 is 2.55 bits per heavy atom. The van der Waals surface area contributed by atoms with Gasteiger partial charge >= 0.3 is 0 Å². The lowest BCUT2D eigenvalue weighted by atomic mass is 10.1. The maximum Gasteiger partial charge on any atom is 0.260 e. The number of rotatable bonds is 10. The number of benzene rings is 1. The number of hydrogen-bond donors (Lipinski definition) is 2. The number of fused-ring (bicyclic) bond motifs is 1. The monoisotopic (exact) mass is 449 g/mol. The first-order chi connectivity index (χ1) is 14.7. The van der Waals surface area contributed by atoms with E-state index in [1.165, 1.54) is 18.2 Å². The predicted molar refractivity (Wildman–Crippen MR) is 111 cm³/mol. The largest absolute Gasteiger partial charge is 0.490 e. The molecule has 1 aliphatic carbocycles. The molecule has 0 bridgehead atoms. The van der Waals surface area contributed by atoms with Gasteiger partial charge in [-0.05, 0) is 49.8 Å². The summed E-state index contributed by atoms with van der Waals surface area (Å²) < 4.78 is 48.7. The van der Waals surface area contributed by atoms with Crippen molar-refractivity contribution < 1.29 is 27.1 Å². The van der Waals surface area contributed by atoms with Crippen LogP contribution < -0.4 is 14.8 Å². The van der Waals surface area contributed by atoms with Crippen molar-refractivity contribution in [3.8, 4) is 5.75 Å². The average molecular weight is 450 g/mol. The van der Waals surface area contributed by atoms with Gasteiger partial charge in [0.2, 0.25) is 10.0 Å². The number of nitrogens with one attached hydrogen (secondary N) is 2. The minimum atomic E-state index is -3.60. The van der Waals surface area contributed by atoms with E-state index in [4.69, 9.17) is 4.74 Å². The van der Waals surface area contributed by atoms with E-state index in [1.54, 1.807) is 23.9 Å². The fourth-order valence-electron chi connectivity index (χ4n) is 3.46. The molecule has 1 saturated carbocycles. The third-order valence-electron chi connectivity index (χ3n) is 5.41. The highest BCUT2D eigenvalue weighted by Crippen LogP contribution is 2.31. The number of sulfonamides is 1. The highest BCUT2D eigenvalue weighted by atomic mass is 32.2. The van der Waals surface area contributed by atoms with E-state index in [1.807, 2.05) is 0 Å². The molecule has 2 aliphatic rings. The lowest BCUT2D eigenvalue weighted by Gasteiger charge is -2.16. The van der Waals surface area contributed by atoms with E-state index < -0.39 is 33.7 Å². The second-order valence-corrected chi connectivity index (χ2v) is 9.94. The van der Waals surface area contributed by atoms with Gasteiger partial charge in [-0.2, -0.15) is 0 Å². The van der Waals surface area contributed by atoms with Gasteiger partial charge in [0.1, 0.15) is 0 Å². The first-order valence-electron chi connectivity index (χ1n) is 10.2. The van der Waals surface area contributed by atoms with Gasteiger partial charge in [-0.25, -0.2) is 17.5 Å². The number of imide groups is 1. The molecule has 1 fully saturated rings. The van der Waals surface area contributed by atoms with Crippen molar-refractivity contribution in [3.05, 3.63) is 53.1 Å². The molecule has 2 heterocycles. The number of halogens is 1. The Labute approximate surface area is 179 Å². The van der Waals surface area contributed by atoms with Gasteiger partial charge in [-0.1, -0.05) is 6.07 Å². The maximum atomic E-state index is 14.0. The number of aryl methyl sites for hydroxylation is 1. The Hall–Kier alpha value is -2.72. The lowest BCUT2D eigenvalue weighted by Crippen LogP contribution is -2.29. The Kier molecular flexibility index (Phi) is 5.85. The molecule has 2 N–H and O–H groups in total. The molecule has 8 nitrogen and oxygen atoms in total. The van der Waals surface area contributed by atoms with Crippen molar-refractivity contribution in [1.29, 1.82) is 0 Å². The molecule has 1 aromatic carbocycles. The zero-order chi connectivity index (χ0) is 22.2. The molecule has 31 heavy (non-hydrogen) atoms. The number of nitrogens with zero attached hydrogens (tertiary/aromatic N) is 1. The second-order valence-electron chi connectivity index (χ2n) is 8.06. The molecule has 10 heteroatoms. The molecule has 0 unspecified atom stereocenters. The van der Waals surface area contributed by atoms with Gasteiger partial charge in [0.15, 0.2) is 11.6 Å². The summed E-state index contributed by atoms with van der Waals surface area (Å²) >= 11 is 0. The van der Waals surface area contributed by atoms with Crippen LogP contribution >= 0.6 is 0 Å². The molecule has 2 aromatic rings. The summed E-state index contributed by atoms with van der Waals surface area (Å²) in [5.41, 5.74) is 1.22. The van der Waals surface area contributed by atoms with Crippen molar-refractivity contribution in [2.75, 3.05) is 12.4 Å². The first-order valence-corrected chi connectivity index (χ1v) is 11.8. The number of carbonyl (C=O) groups is 2. The van der Waals surface area contributed by atoms with Crippen LogP contribution in [0.3, 0.4) is 0 Å².